The number of nitrogens with two attached hydrogens (primary N) is 1. The Balaban J connectivity index is 0.00000289. The Bertz CT molecular complexity index is 865. The Labute approximate surface area is 202 Å². The Morgan fingerprint density at radius 3 is 2.34 bits per heavy atom. The van der Waals surface area contributed by atoms with Crippen LogP contribution in [0.3, 0.4) is 0 Å². The first-order valence-electron chi connectivity index (χ1n) is 11.3. The molecular weight excluding hydrogens is 445 g/mol. The summed E-state index contributed by atoms with van der Waals surface area (Å²) >= 11 is 6.24. The molecular formula is C25H33Cl2N3O2. The van der Waals surface area contributed by atoms with Crippen molar-refractivity contribution in [2.75, 3.05) is 32.7 Å². The van der Waals surface area contributed by atoms with E-state index in [2.05, 4.69) is 17.0 Å². The molecule has 2 aliphatic rings. The zero-order chi connectivity index (χ0) is 21.7. The number of amides is 1. The van der Waals surface area contributed by atoms with Crippen molar-refractivity contribution in [2.24, 2.45) is 5.73 Å². The highest BCUT2D eigenvalue weighted by Crippen LogP contribution is 2.41. The summed E-state index contributed by atoms with van der Waals surface area (Å²) in [5.74, 6) is 0. The van der Waals surface area contributed by atoms with E-state index in [1.165, 1.54) is 5.56 Å². The largest absolute Gasteiger partial charge is 0.445 e. The average Bonchev–Trinajstić information content (AvgIpc) is 2.83. The minimum atomic E-state index is -0.213. The third-order valence-electron chi connectivity index (χ3n) is 7.03. The molecule has 0 unspecified atom stereocenters. The van der Waals surface area contributed by atoms with Crippen LogP contribution in [0.2, 0.25) is 5.02 Å². The molecule has 0 spiro atoms. The van der Waals surface area contributed by atoms with Crippen molar-refractivity contribution in [1.82, 2.24) is 9.80 Å². The second kappa shape index (κ2) is 11.4. The van der Waals surface area contributed by atoms with Crippen molar-refractivity contribution in [1.29, 1.82) is 0 Å². The summed E-state index contributed by atoms with van der Waals surface area (Å²) in [7, 11) is 0. The number of carbonyl (C=O) groups excluding carboxylic acids is 1. The fraction of sp³-hybridized carbons (Fsp3) is 0.480. The van der Waals surface area contributed by atoms with Gasteiger partial charge in [0.2, 0.25) is 0 Å². The molecule has 1 aliphatic carbocycles. The second-order valence-corrected chi connectivity index (χ2v) is 9.23. The minimum Gasteiger partial charge on any atom is -0.445 e. The molecule has 32 heavy (non-hydrogen) atoms. The highest BCUT2D eigenvalue weighted by atomic mass is 35.5. The zero-order valence-corrected chi connectivity index (χ0v) is 20.0. The molecule has 4 rings (SSSR count). The quantitative estimate of drug-likeness (QED) is 0.667. The molecule has 2 fully saturated rings. The van der Waals surface area contributed by atoms with Gasteiger partial charge in [-0.05, 0) is 48.9 Å². The lowest BCUT2D eigenvalue weighted by atomic mass is 9.68. The molecule has 2 aromatic rings. The van der Waals surface area contributed by atoms with E-state index in [0.717, 1.165) is 62.4 Å². The second-order valence-electron chi connectivity index (χ2n) is 8.79. The molecule has 5 nitrogen and oxygen atoms in total. The van der Waals surface area contributed by atoms with Crippen LogP contribution in [0.5, 0.6) is 0 Å². The van der Waals surface area contributed by atoms with Gasteiger partial charge in [0.15, 0.2) is 0 Å². The summed E-state index contributed by atoms with van der Waals surface area (Å²) in [5.41, 5.74) is 8.57. The van der Waals surface area contributed by atoms with Gasteiger partial charge in [-0.2, -0.15) is 0 Å². The lowest BCUT2D eigenvalue weighted by Crippen LogP contribution is -2.54. The molecule has 1 heterocycles. The lowest BCUT2D eigenvalue weighted by molar-refractivity contribution is 0.0468. The average molecular weight is 478 g/mol. The predicted molar refractivity (Wildman–Crippen MR) is 131 cm³/mol. The number of hydrogen-bond donors (Lipinski definition) is 1. The van der Waals surface area contributed by atoms with Crippen molar-refractivity contribution in [2.45, 2.75) is 43.7 Å². The first kappa shape index (κ1) is 24.8. The van der Waals surface area contributed by atoms with E-state index in [1.54, 1.807) is 0 Å². The Kier molecular flexibility index (Phi) is 8.83. The fourth-order valence-electron chi connectivity index (χ4n) is 5.03. The summed E-state index contributed by atoms with van der Waals surface area (Å²) in [6.45, 7) is 4.23. The summed E-state index contributed by atoms with van der Waals surface area (Å²) in [4.78, 5) is 16.8. The standard InChI is InChI=1S/C25H32ClN3O2.ClH/c26-22-8-4-7-21(17-22)25(19-27)11-9-23(10-12-25)28-13-15-29(16-14-28)24(30)31-18-20-5-2-1-3-6-20;/h1-8,17,23H,9-16,18-19,27H2;1H/t23-,25+;. The van der Waals surface area contributed by atoms with Crippen molar-refractivity contribution in [3.8, 4) is 0 Å². The highest BCUT2D eigenvalue weighted by Gasteiger charge is 2.38. The monoisotopic (exact) mass is 477 g/mol. The maximum absolute atomic E-state index is 12.4. The van der Waals surface area contributed by atoms with E-state index in [9.17, 15) is 4.79 Å². The summed E-state index contributed by atoms with van der Waals surface area (Å²) in [6.07, 6.45) is 4.20. The molecule has 7 heteroatoms. The SMILES string of the molecule is Cl.NC[C@]1(c2cccc(Cl)c2)CC[C@@H](N2CCN(C(=O)OCc3ccccc3)CC2)CC1. The normalized spacial score (nSPS) is 23.9. The lowest BCUT2D eigenvalue weighted by Gasteiger charge is -2.45. The number of piperazine rings is 1. The van der Waals surface area contributed by atoms with E-state index in [4.69, 9.17) is 22.1 Å². The van der Waals surface area contributed by atoms with Crippen LogP contribution in [-0.2, 0) is 16.8 Å². The molecule has 1 saturated carbocycles. The highest BCUT2D eigenvalue weighted by molar-refractivity contribution is 6.30. The Morgan fingerprint density at radius 2 is 1.72 bits per heavy atom. The number of halogens is 2. The van der Waals surface area contributed by atoms with Crippen LogP contribution in [0, 0.1) is 0 Å². The predicted octanol–water partition coefficient (Wildman–Crippen LogP) is 4.86. The number of ether oxygens (including phenoxy) is 1. The third-order valence-corrected chi connectivity index (χ3v) is 7.27. The van der Waals surface area contributed by atoms with Gasteiger partial charge in [0.05, 0.1) is 0 Å². The maximum atomic E-state index is 12.4. The molecule has 2 aromatic carbocycles. The van der Waals surface area contributed by atoms with Crippen molar-refractivity contribution >= 4 is 30.1 Å². The number of benzene rings is 2. The van der Waals surface area contributed by atoms with E-state index in [0.29, 0.717) is 19.2 Å². The minimum absolute atomic E-state index is 0. The van der Waals surface area contributed by atoms with Crippen molar-refractivity contribution in [3.05, 3.63) is 70.7 Å². The first-order valence-corrected chi connectivity index (χ1v) is 11.6. The van der Waals surface area contributed by atoms with Gasteiger partial charge in [-0.25, -0.2) is 4.79 Å². The van der Waals surface area contributed by atoms with Gasteiger partial charge < -0.3 is 15.4 Å². The van der Waals surface area contributed by atoms with E-state index in [-0.39, 0.29) is 23.9 Å². The Hall–Kier alpha value is -1.79. The molecule has 0 aromatic heterocycles. The first-order chi connectivity index (χ1) is 15.1. The van der Waals surface area contributed by atoms with Gasteiger partial charge >= 0.3 is 6.09 Å². The van der Waals surface area contributed by atoms with Crippen molar-refractivity contribution in [3.63, 3.8) is 0 Å². The van der Waals surface area contributed by atoms with Crippen LogP contribution >= 0.6 is 24.0 Å². The topological polar surface area (TPSA) is 58.8 Å². The van der Waals surface area contributed by atoms with Crippen LogP contribution in [0.25, 0.3) is 0 Å². The van der Waals surface area contributed by atoms with Gasteiger partial charge in [-0.15, -0.1) is 12.4 Å². The van der Waals surface area contributed by atoms with Crippen LogP contribution in [0.15, 0.2) is 54.6 Å². The van der Waals surface area contributed by atoms with Gasteiger partial charge in [0.1, 0.15) is 6.61 Å². The molecule has 0 bridgehead atoms. The molecule has 2 N–H and O–H groups in total. The number of rotatable bonds is 5. The van der Waals surface area contributed by atoms with Gasteiger partial charge in [0.25, 0.3) is 0 Å². The number of hydrogen-bond acceptors (Lipinski definition) is 4. The molecule has 1 amide bonds. The van der Waals surface area contributed by atoms with Crippen molar-refractivity contribution < 1.29 is 9.53 Å². The van der Waals surface area contributed by atoms with Crippen LogP contribution in [0.4, 0.5) is 4.79 Å². The smallest absolute Gasteiger partial charge is 0.410 e. The maximum Gasteiger partial charge on any atom is 0.410 e. The molecule has 0 radical (unpaired) electrons. The Morgan fingerprint density at radius 1 is 1.03 bits per heavy atom. The van der Waals surface area contributed by atoms with Crippen LogP contribution < -0.4 is 5.73 Å². The van der Waals surface area contributed by atoms with Crippen LogP contribution in [-0.4, -0.2) is 54.7 Å². The molecule has 1 aliphatic heterocycles. The third kappa shape index (κ3) is 5.76. The summed E-state index contributed by atoms with van der Waals surface area (Å²) < 4.78 is 5.49. The zero-order valence-electron chi connectivity index (χ0n) is 18.4. The fourth-order valence-corrected chi connectivity index (χ4v) is 5.22. The van der Waals surface area contributed by atoms with Gasteiger partial charge in [0, 0.05) is 49.2 Å². The molecule has 0 atom stereocenters. The number of nitrogens with zero attached hydrogens (tertiary/aromatic N) is 2. The van der Waals surface area contributed by atoms with Gasteiger partial charge in [-0.3, -0.25) is 4.90 Å². The van der Waals surface area contributed by atoms with Crippen LogP contribution in [0.1, 0.15) is 36.8 Å². The van der Waals surface area contributed by atoms with E-state index >= 15 is 0 Å². The summed E-state index contributed by atoms with van der Waals surface area (Å²) in [5, 5.41) is 0.780. The molecule has 1 saturated heterocycles. The summed E-state index contributed by atoms with van der Waals surface area (Å²) in [6, 6.07) is 18.6. The van der Waals surface area contributed by atoms with Gasteiger partial charge in [-0.1, -0.05) is 54.1 Å². The van der Waals surface area contributed by atoms with E-state index < -0.39 is 0 Å². The molecule has 174 valence electrons. The van der Waals surface area contributed by atoms with E-state index in [1.807, 2.05) is 47.4 Å². The number of carbonyl (C=O) groups is 1.